The molecular weight excluding hydrogens is 214 g/mol. The second-order valence-corrected chi connectivity index (χ2v) is 6.41. The van der Waals surface area contributed by atoms with Gasteiger partial charge in [-0.2, -0.15) is 0 Å². The third kappa shape index (κ3) is 3.44. The van der Waals surface area contributed by atoms with Crippen LogP contribution in [0.3, 0.4) is 0 Å². The van der Waals surface area contributed by atoms with Crippen molar-refractivity contribution in [3.63, 3.8) is 0 Å². The van der Waals surface area contributed by atoms with Crippen molar-refractivity contribution in [2.24, 2.45) is 11.3 Å². The zero-order chi connectivity index (χ0) is 12.5. The first-order valence-corrected chi connectivity index (χ1v) is 6.93. The highest BCUT2D eigenvalue weighted by molar-refractivity contribution is 5.68. The Morgan fingerprint density at radius 2 is 2.12 bits per heavy atom. The SMILES string of the molecule is CC1CCCC(N(C)CC2(CC(=O)O)CC2)C1. The highest BCUT2D eigenvalue weighted by Gasteiger charge is 2.45. The van der Waals surface area contributed by atoms with E-state index in [2.05, 4.69) is 18.9 Å². The van der Waals surface area contributed by atoms with E-state index in [4.69, 9.17) is 5.11 Å². The van der Waals surface area contributed by atoms with Crippen LogP contribution >= 0.6 is 0 Å². The minimum atomic E-state index is -0.632. The molecule has 3 nitrogen and oxygen atoms in total. The zero-order valence-electron chi connectivity index (χ0n) is 11.1. The molecule has 0 heterocycles. The van der Waals surface area contributed by atoms with Crippen LogP contribution in [0.1, 0.15) is 51.9 Å². The normalized spacial score (nSPS) is 31.5. The van der Waals surface area contributed by atoms with Crippen molar-refractivity contribution in [1.82, 2.24) is 4.90 Å². The fourth-order valence-electron chi connectivity index (χ4n) is 3.35. The maximum atomic E-state index is 10.8. The van der Waals surface area contributed by atoms with Crippen molar-refractivity contribution in [3.05, 3.63) is 0 Å². The van der Waals surface area contributed by atoms with Crippen LogP contribution in [0.2, 0.25) is 0 Å². The van der Waals surface area contributed by atoms with Crippen LogP contribution in [0, 0.1) is 11.3 Å². The molecule has 2 aliphatic carbocycles. The van der Waals surface area contributed by atoms with Gasteiger partial charge in [-0.25, -0.2) is 0 Å². The maximum absolute atomic E-state index is 10.8. The molecule has 2 unspecified atom stereocenters. The lowest BCUT2D eigenvalue weighted by atomic mass is 9.86. The monoisotopic (exact) mass is 239 g/mol. The first kappa shape index (κ1) is 12.9. The van der Waals surface area contributed by atoms with Gasteiger partial charge in [0.05, 0.1) is 6.42 Å². The molecule has 2 rings (SSSR count). The summed E-state index contributed by atoms with van der Waals surface area (Å²) in [7, 11) is 2.19. The summed E-state index contributed by atoms with van der Waals surface area (Å²) < 4.78 is 0. The third-order valence-electron chi connectivity index (χ3n) is 4.60. The second-order valence-electron chi connectivity index (χ2n) is 6.41. The Morgan fingerprint density at radius 3 is 2.65 bits per heavy atom. The van der Waals surface area contributed by atoms with Crippen LogP contribution in [0.5, 0.6) is 0 Å². The topological polar surface area (TPSA) is 40.5 Å². The summed E-state index contributed by atoms with van der Waals surface area (Å²) in [5, 5.41) is 8.94. The summed E-state index contributed by atoms with van der Waals surface area (Å²) >= 11 is 0. The van der Waals surface area contributed by atoms with Gasteiger partial charge in [0.2, 0.25) is 0 Å². The van der Waals surface area contributed by atoms with E-state index in [1.165, 1.54) is 25.7 Å². The van der Waals surface area contributed by atoms with Gasteiger partial charge in [0.15, 0.2) is 0 Å². The van der Waals surface area contributed by atoms with Crippen molar-refractivity contribution in [3.8, 4) is 0 Å². The lowest BCUT2D eigenvalue weighted by Gasteiger charge is -2.36. The molecule has 0 aromatic rings. The molecule has 0 bridgehead atoms. The lowest BCUT2D eigenvalue weighted by molar-refractivity contribution is -0.138. The fourth-order valence-corrected chi connectivity index (χ4v) is 3.35. The van der Waals surface area contributed by atoms with E-state index in [0.29, 0.717) is 12.5 Å². The summed E-state index contributed by atoms with van der Waals surface area (Å²) in [5.41, 5.74) is 0.112. The number of hydrogen-bond acceptors (Lipinski definition) is 2. The first-order valence-electron chi connectivity index (χ1n) is 6.93. The predicted octanol–water partition coefficient (Wildman–Crippen LogP) is 2.75. The molecule has 1 N–H and O–H groups in total. The van der Waals surface area contributed by atoms with Gasteiger partial charge in [-0.3, -0.25) is 4.79 Å². The van der Waals surface area contributed by atoms with Gasteiger partial charge in [-0.1, -0.05) is 19.8 Å². The summed E-state index contributed by atoms with van der Waals surface area (Å²) in [5.74, 6) is 0.207. The van der Waals surface area contributed by atoms with Crippen molar-refractivity contribution in [2.75, 3.05) is 13.6 Å². The van der Waals surface area contributed by atoms with E-state index in [1.54, 1.807) is 0 Å². The van der Waals surface area contributed by atoms with E-state index in [9.17, 15) is 4.79 Å². The quantitative estimate of drug-likeness (QED) is 0.802. The van der Waals surface area contributed by atoms with Crippen molar-refractivity contribution in [1.29, 1.82) is 0 Å². The number of rotatable bonds is 5. The third-order valence-corrected chi connectivity index (χ3v) is 4.60. The van der Waals surface area contributed by atoms with E-state index < -0.39 is 5.97 Å². The molecule has 2 atom stereocenters. The zero-order valence-corrected chi connectivity index (χ0v) is 11.1. The Morgan fingerprint density at radius 1 is 1.41 bits per heavy atom. The van der Waals surface area contributed by atoms with Crippen LogP contribution in [0.25, 0.3) is 0 Å². The maximum Gasteiger partial charge on any atom is 0.303 e. The number of carboxylic acids is 1. The molecule has 3 heteroatoms. The number of carbonyl (C=O) groups is 1. The van der Waals surface area contributed by atoms with E-state index >= 15 is 0 Å². The van der Waals surface area contributed by atoms with Crippen LogP contribution in [-0.2, 0) is 4.79 Å². The van der Waals surface area contributed by atoms with Gasteiger partial charge < -0.3 is 10.0 Å². The molecule has 0 aliphatic heterocycles. The van der Waals surface area contributed by atoms with E-state index in [-0.39, 0.29) is 5.41 Å². The van der Waals surface area contributed by atoms with Gasteiger partial charge in [-0.05, 0) is 44.1 Å². The Bertz CT molecular complexity index is 286. The summed E-state index contributed by atoms with van der Waals surface area (Å²) in [6.07, 6.45) is 7.85. The van der Waals surface area contributed by atoms with Gasteiger partial charge in [-0.15, -0.1) is 0 Å². The summed E-state index contributed by atoms with van der Waals surface area (Å²) in [6, 6.07) is 0.685. The Balaban J connectivity index is 1.84. The average Bonchev–Trinajstić information content (AvgIpc) is 2.96. The Kier molecular flexibility index (Phi) is 3.76. The Labute approximate surface area is 104 Å². The summed E-state index contributed by atoms with van der Waals surface area (Å²) in [4.78, 5) is 13.3. The molecule has 2 saturated carbocycles. The number of carboxylic acid groups (broad SMARTS) is 1. The molecule has 0 amide bonds. The van der Waals surface area contributed by atoms with Gasteiger partial charge in [0, 0.05) is 12.6 Å². The molecular formula is C14H25NO2. The largest absolute Gasteiger partial charge is 0.481 e. The van der Waals surface area contributed by atoms with Crippen molar-refractivity contribution >= 4 is 5.97 Å². The molecule has 0 aromatic heterocycles. The van der Waals surface area contributed by atoms with Crippen LogP contribution in [-0.4, -0.2) is 35.6 Å². The second kappa shape index (κ2) is 4.97. The molecule has 98 valence electrons. The van der Waals surface area contributed by atoms with Gasteiger partial charge in [0.1, 0.15) is 0 Å². The molecule has 17 heavy (non-hydrogen) atoms. The van der Waals surface area contributed by atoms with Gasteiger partial charge in [0.25, 0.3) is 0 Å². The molecule has 2 aliphatic rings. The van der Waals surface area contributed by atoms with Gasteiger partial charge >= 0.3 is 5.97 Å². The molecule has 0 spiro atoms. The van der Waals surface area contributed by atoms with Crippen LogP contribution in [0.15, 0.2) is 0 Å². The highest BCUT2D eigenvalue weighted by atomic mass is 16.4. The number of hydrogen-bond donors (Lipinski definition) is 1. The molecule has 2 fully saturated rings. The first-order chi connectivity index (χ1) is 8.01. The molecule has 0 saturated heterocycles. The smallest absolute Gasteiger partial charge is 0.303 e. The average molecular weight is 239 g/mol. The fraction of sp³-hybridized carbons (Fsp3) is 0.929. The Hall–Kier alpha value is -0.570. The predicted molar refractivity (Wildman–Crippen MR) is 68.0 cm³/mol. The highest BCUT2D eigenvalue weighted by Crippen LogP contribution is 2.49. The molecule has 0 radical (unpaired) electrons. The van der Waals surface area contributed by atoms with Crippen LogP contribution in [0.4, 0.5) is 0 Å². The van der Waals surface area contributed by atoms with Crippen molar-refractivity contribution in [2.45, 2.75) is 57.9 Å². The van der Waals surface area contributed by atoms with E-state index in [0.717, 1.165) is 25.3 Å². The molecule has 0 aromatic carbocycles. The standard InChI is InChI=1S/C14H25NO2/c1-11-4-3-5-12(8-11)15(2)10-14(6-7-14)9-13(16)17/h11-12H,3-10H2,1-2H3,(H,16,17). The van der Waals surface area contributed by atoms with Crippen molar-refractivity contribution < 1.29 is 9.90 Å². The van der Waals surface area contributed by atoms with E-state index in [1.807, 2.05) is 0 Å². The minimum Gasteiger partial charge on any atom is -0.481 e. The lowest BCUT2D eigenvalue weighted by Crippen LogP contribution is -2.39. The number of nitrogens with zero attached hydrogens (tertiary/aromatic N) is 1. The van der Waals surface area contributed by atoms with Crippen LogP contribution < -0.4 is 0 Å². The minimum absolute atomic E-state index is 0.112. The number of aliphatic carboxylic acids is 1. The summed E-state index contributed by atoms with van der Waals surface area (Å²) in [6.45, 7) is 3.32.